The molecule has 4 rings (SSSR count). The quantitative estimate of drug-likeness (QED) is 0.278. The molecule has 4 aromatic rings. The normalized spacial score (nSPS) is 10.4. The highest BCUT2D eigenvalue weighted by atomic mass is 16.5. The molecule has 8 heteroatoms. The second-order valence-electron chi connectivity index (χ2n) is 9.11. The number of benzene rings is 4. The minimum absolute atomic E-state index is 0.289. The van der Waals surface area contributed by atoms with Crippen LogP contribution in [0.25, 0.3) is 11.1 Å². The Labute approximate surface area is 231 Å². The maximum absolute atomic E-state index is 12.7. The van der Waals surface area contributed by atoms with Crippen molar-refractivity contribution in [3.63, 3.8) is 0 Å². The molecule has 0 aliphatic carbocycles. The first kappa shape index (κ1) is 27.8. The maximum atomic E-state index is 12.7. The summed E-state index contributed by atoms with van der Waals surface area (Å²) in [5.41, 5.74) is 6.59. The maximum Gasteiger partial charge on any atom is 0.337 e. The van der Waals surface area contributed by atoms with E-state index < -0.39 is 11.9 Å². The Balaban J connectivity index is 1.44. The van der Waals surface area contributed by atoms with Crippen LogP contribution in [0, 0.1) is 13.8 Å². The van der Waals surface area contributed by atoms with E-state index >= 15 is 0 Å². The lowest BCUT2D eigenvalue weighted by Gasteiger charge is -2.13. The summed E-state index contributed by atoms with van der Waals surface area (Å²) in [5.74, 6) is -1.50. The largest absolute Gasteiger partial charge is 0.465 e. The average molecular weight is 537 g/mol. The highest BCUT2D eigenvalue weighted by molar-refractivity contribution is 6.06. The number of anilines is 2. The third-order valence-corrected chi connectivity index (χ3v) is 6.42. The average Bonchev–Trinajstić information content (AvgIpc) is 2.98. The number of amides is 2. The van der Waals surface area contributed by atoms with Gasteiger partial charge in [0.15, 0.2) is 0 Å². The van der Waals surface area contributed by atoms with Crippen LogP contribution in [-0.4, -0.2) is 38.0 Å². The van der Waals surface area contributed by atoms with Crippen LogP contribution in [0.4, 0.5) is 11.4 Å². The van der Waals surface area contributed by atoms with Crippen LogP contribution in [0.3, 0.4) is 0 Å². The molecule has 0 bridgehead atoms. The van der Waals surface area contributed by atoms with E-state index in [1.165, 1.54) is 14.2 Å². The summed E-state index contributed by atoms with van der Waals surface area (Å²) in [5, 5.41) is 5.82. The van der Waals surface area contributed by atoms with Crippen LogP contribution in [0.15, 0.2) is 84.9 Å². The first-order valence-corrected chi connectivity index (χ1v) is 12.4. The number of aryl methyl sites for hydroxylation is 2. The standard InChI is InChI=1S/C32H28N2O6/c1-19-17-25(13-15-27(19)33-29(35)21-5-9-23(10-6-21)31(37)39-3)26-14-16-28(20(2)18-26)34-30(36)22-7-11-24(12-8-22)32(38)40-4/h5-18H,1-4H3,(H,33,35)(H,34,36). The Kier molecular flexibility index (Phi) is 8.39. The van der Waals surface area contributed by atoms with E-state index in [4.69, 9.17) is 0 Å². The van der Waals surface area contributed by atoms with Gasteiger partial charge in [0.25, 0.3) is 11.8 Å². The van der Waals surface area contributed by atoms with Gasteiger partial charge in [-0.1, -0.05) is 12.1 Å². The fourth-order valence-electron chi connectivity index (χ4n) is 4.11. The van der Waals surface area contributed by atoms with Gasteiger partial charge in [-0.25, -0.2) is 9.59 Å². The number of carbonyl (C=O) groups is 4. The van der Waals surface area contributed by atoms with Crippen LogP contribution < -0.4 is 10.6 Å². The zero-order chi connectivity index (χ0) is 28.8. The van der Waals surface area contributed by atoms with Gasteiger partial charge in [-0.15, -0.1) is 0 Å². The van der Waals surface area contributed by atoms with Crippen molar-refractivity contribution in [1.82, 2.24) is 0 Å². The van der Waals surface area contributed by atoms with Crippen LogP contribution in [-0.2, 0) is 9.47 Å². The number of hydrogen-bond donors (Lipinski definition) is 2. The van der Waals surface area contributed by atoms with E-state index in [1.807, 2.05) is 50.2 Å². The Morgan fingerprint density at radius 2 is 0.825 bits per heavy atom. The minimum atomic E-state index is -0.462. The van der Waals surface area contributed by atoms with Gasteiger partial charge < -0.3 is 20.1 Å². The van der Waals surface area contributed by atoms with Crippen LogP contribution in [0.2, 0.25) is 0 Å². The van der Waals surface area contributed by atoms with Crippen molar-refractivity contribution in [3.8, 4) is 11.1 Å². The van der Waals surface area contributed by atoms with Gasteiger partial charge >= 0.3 is 11.9 Å². The van der Waals surface area contributed by atoms with Gasteiger partial charge in [-0.05, 0) is 109 Å². The van der Waals surface area contributed by atoms with Crippen molar-refractivity contribution in [2.45, 2.75) is 13.8 Å². The number of rotatable bonds is 7. The summed E-state index contributed by atoms with van der Waals surface area (Å²) in [4.78, 5) is 48.7. The molecule has 0 aliphatic rings. The number of ether oxygens (including phenoxy) is 2. The van der Waals surface area contributed by atoms with Gasteiger partial charge in [0.05, 0.1) is 25.3 Å². The minimum Gasteiger partial charge on any atom is -0.465 e. The predicted octanol–water partition coefficient (Wildman–Crippen LogP) is 6.05. The molecule has 0 saturated carbocycles. The molecule has 0 fully saturated rings. The summed E-state index contributed by atoms with van der Waals surface area (Å²) >= 11 is 0. The summed E-state index contributed by atoms with van der Waals surface area (Å²) in [7, 11) is 2.61. The molecule has 0 saturated heterocycles. The molecule has 8 nitrogen and oxygen atoms in total. The lowest BCUT2D eigenvalue weighted by Crippen LogP contribution is -2.13. The fraction of sp³-hybridized carbons (Fsp3) is 0.125. The van der Waals surface area contributed by atoms with Gasteiger partial charge in [0, 0.05) is 22.5 Å². The third kappa shape index (κ3) is 6.24. The molecule has 0 aliphatic heterocycles. The van der Waals surface area contributed by atoms with E-state index in [0.717, 1.165) is 22.3 Å². The smallest absolute Gasteiger partial charge is 0.337 e. The van der Waals surface area contributed by atoms with Gasteiger partial charge in [-0.2, -0.15) is 0 Å². The van der Waals surface area contributed by atoms with Crippen molar-refractivity contribution < 1.29 is 28.7 Å². The monoisotopic (exact) mass is 536 g/mol. The Morgan fingerprint density at radius 1 is 0.500 bits per heavy atom. The molecule has 2 amide bonds. The summed E-state index contributed by atoms with van der Waals surface area (Å²) in [6.45, 7) is 3.82. The molecule has 0 radical (unpaired) electrons. The molecule has 40 heavy (non-hydrogen) atoms. The van der Waals surface area contributed by atoms with Crippen LogP contribution in [0.1, 0.15) is 52.6 Å². The van der Waals surface area contributed by atoms with Crippen molar-refractivity contribution >= 4 is 35.1 Å². The first-order chi connectivity index (χ1) is 19.2. The number of carbonyl (C=O) groups excluding carboxylic acids is 4. The molecule has 202 valence electrons. The van der Waals surface area contributed by atoms with Crippen LogP contribution >= 0.6 is 0 Å². The van der Waals surface area contributed by atoms with E-state index in [9.17, 15) is 19.2 Å². The molecule has 0 heterocycles. The zero-order valence-electron chi connectivity index (χ0n) is 22.5. The SMILES string of the molecule is COC(=O)c1ccc(C(=O)Nc2ccc(-c3ccc(NC(=O)c4ccc(C(=O)OC)cc4)c(C)c3)cc2C)cc1. The van der Waals surface area contributed by atoms with Crippen molar-refractivity contribution in [1.29, 1.82) is 0 Å². The van der Waals surface area contributed by atoms with E-state index in [2.05, 4.69) is 20.1 Å². The Morgan fingerprint density at radius 3 is 1.12 bits per heavy atom. The van der Waals surface area contributed by atoms with E-state index in [1.54, 1.807) is 48.5 Å². The summed E-state index contributed by atoms with van der Waals surface area (Å²) in [6.07, 6.45) is 0. The van der Waals surface area contributed by atoms with Gasteiger partial charge in [-0.3, -0.25) is 9.59 Å². The molecular weight excluding hydrogens is 508 g/mol. The van der Waals surface area contributed by atoms with Gasteiger partial charge in [0.2, 0.25) is 0 Å². The highest BCUT2D eigenvalue weighted by Gasteiger charge is 2.13. The van der Waals surface area contributed by atoms with Crippen molar-refractivity contribution in [3.05, 3.63) is 118 Å². The number of nitrogens with one attached hydrogen (secondary N) is 2. The second-order valence-corrected chi connectivity index (χ2v) is 9.11. The summed E-state index contributed by atoms with van der Waals surface area (Å²) < 4.78 is 9.37. The zero-order valence-corrected chi connectivity index (χ0v) is 22.5. The molecule has 2 N–H and O–H groups in total. The molecule has 0 unspecified atom stereocenters. The number of hydrogen-bond acceptors (Lipinski definition) is 6. The highest BCUT2D eigenvalue weighted by Crippen LogP contribution is 2.28. The van der Waals surface area contributed by atoms with Gasteiger partial charge in [0.1, 0.15) is 0 Å². The first-order valence-electron chi connectivity index (χ1n) is 12.4. The molecular formula is C32H28N2O6. The lowest BCUT2D eigenvalue weighted by molar-refractivity contribution is 0.0592. The topological polar surface area (TPSA) is 111 Å². The lowest BCUT2D eigenvalue weighted by atomic mass is 9.99. The third-order valence-electron chi connectivity index (χ3n) is 6.42. The fourth-order valence-corrected chi connectivity index (χ4v) is 4.11. The number of esters is 2. The number of methoxy groups -OCH3 is 2. The van der Waals surface area contributed by atoms with E-state index in [-0.39, 0.29) is 11.8 Å². The second kappa shape index (κ2) is 12.1. The Bertz CT molecular complexity index is 1470. The molecule has 0 atom stereocenters. The van der Waals surface area contributed by atoms with Crippen molar-refractivity contribution in [2.24, 2.45) is 0 Å². The van der Waals surface area contributed by atoms with E-state index in [0.29, 0.717) is 33.6 Å². The Hall–Kier alpha value is -5.24. The predicted molar refractivity (Wildman–Crippen MR) is 153 cm³/mol. The van der Waals surface area contributed by atoms with Crippen LogP contribution in [0.5, 0.6) is 0 Å². The van der Waals surface area contributed by atoms with Crippen molar-refractivity contribution in [2.75, 3.05) is 24.9 Å². The molecule has 0 spiro atoms. The summed E-state index contributed by atoms with van der Waals surface area (Å²) in [6, 6.07) is 24.0. The molecule has 0 aromatic heterocycles. The molecule has 4 aromatic carbocycles.